The molecule has 1 saturated heterocycles. The van der Waals surface area contributed by atoms with Crippen LogP contribution in [-0.4, -0.2) is 31.2 Å². The van der Waals surface area contributed by atoms with Crippen molar-refractivity contribution in [1.82, 2.24) is 10.3 Å². The number of hydrogen-bond donors (Lipinski definition) is 1. The van der Waals surface area contributed by atoms with E-state index in [1.807, 2.05) is 18.3 Å². The Kier molecular flexibility index (Phi) is 2.99. The summed E-state index contributed by atoms with van der Waals surface area (Å²) < 4.78 is 0. The van der Waals surface area contributed by atoms with Crippen molar-refractivity contribution in [2.75, 3.05) is 25.0 Å². The van der Waals surface area contributed by atoms with Crippen LogP contribution in [0.2, 0.25) is 0 Å². The number of nitrogens with zero attached hydrogens (tertiary/aromatic N) is 2. The van der Waals surface area contributed by atoms with Crippen molar-refractivity contribution >= 4 is 5.82 Å². The molecule has 0 saturated carbocycles. The molecule has 2 rings (SSSR count). The van der Waals surface area contributed by atoms with Crippen molar-refractivity contribution in [2.45, 2.75) is 18.9 Å². The number of nitrogens with one attached hydrogen (secondary N) is 1. The summed E-state index contributed by atoms with van der Waals surface area (Å²) in [5.41, 5.74) is 0. The Bertz CT molecular complexity index is 267. The summed E-state index contributed by atoms with van der Waals surface area (Å²) in [6.45, 7) is 2.22. The summed E-state index contributed by atoms with van der Waals surface area (Å²) >= 11 is 0. The second-order valence-corrected chi connectivity index (χ2v) is 3.86. The molecular formula is C11H17N3. The average molecular weight is 191 g/mol. The van der Waals surface area contributed by atoms with Gasteiger partial charge in [-0.1, -0.05) is 6.07 Å². The molecule has 0 bridgehead atoms. The van der Waals surface area contributed by atoms with E-state index in [-0.39, 0.29) is 0 Å². The van der Waals surface area contributed by atoms with E-state index in [0.717, 1.165) is 12.4 Å². The van der Waals surface area contributed by atoms with Gasteiger partial charge in [-0.25, -0.2) is 4.98 Å². The van der Waals surface area contributed by atoms with Crippen LogP contribution in [0.15, 0.2) is 24.4 Å². The number of likely N-dealkylation sites (N-methyl/N-ethyl adjacent to an activating group) is 1. The van der Waals surface area contributed by atoms with Crippen LogP contribution in [0.5, 0.6) is 0 Å². The SMILES string of the molecule is CN(C[C@H]1CCCN1)c1ccccn1. The number of pyridine rings is 1. The zero-order valence-electron chi connectivity index (χ0n) is 8.61. The summed E-state index contributed by atoms with van der Waals surface area (Å²) in [7, 11) is 2.10. The summed E-state index contributed by atoms with van der Waals surface area (Å²) in [4.78, 5) is 6.53. The van der Waals surface area contributed by atoms with Crippen molar-refractivity contribution in [3.05, 3.63) is 24.4 Å². The molecule has 0 amide bonds. The average Bonchev–Trinajstić information content (AvgIpc) is 2.72. The Morgan fingerprint density at radius 3 is 3.14 bits per heavy atom. The third-order valence-electron chi connectivity index (χ3n) is 2.70. The van der Waals surface area contributed by atoms with Crippen LogP contribution in [0, 0.1) is 0 Å². The van der Waals surface area contributed by atoms with Crippen LogP contribution in [0.3, 0.4) is 0 Å². The first-order valence-electron chi connectivity index (χ1n) is 5.22. The quantitative estimate of drug-likeness (QED) is 0.780. The van der Waals surface area contributed by atoms with Crippen molar-refractivity contribution in [1.29, 1.82) is 0 Å². The third kappa shape index (κ3) is 2.23. The van der Waals surface area contributed by atoms with E-state index in [1.165, 1.54) is 19.4 Å². The second kappa shape index (κ2) is 4.42. The first-order chi connectivity index (χ1) is 6.86. The molecule has 0 aliphatic carbocycles. The van der Waals surface area contributed by atoms with Gasteiger partial charge in [0.05, 0.1) is 0 Å². The number of anilines is 1. The van der Waals surface area contributed by atoms with Crippen LogP contribution >= 0.6 is 0 Å². The fourth-order valence-electron chi connectivity index (χ4n) is 1.92. The van der Waals surface area contributed by atoms with Crippen molar-refractivity contribution < 1.29 is 0 Å². The predicted octanol–water partition coefficient (Wildman–Crippen LogP) is 1.27. The van der Waals surface area contributed by atoms with E-state index in [9.17, 15) is 0 Å². The third-order valence-corrected chi connectivity index (χ3v) is 2.70. The van der Waals surface area contributed by atoms with Crippen LogP contribution in [0.25, 0.3) is 0 Å². The maximum atomic E-state index is 4.32. The lowest BCUT2D eigenvalue weighted by atomic mass is 10.2. The minimum Gasteiger partial charge on any atom is -0.358 e. The summed E-state index contributed by atoms with van der Waals surface area (Å²) in [6, 6.07) is 6.67. The Hall–Kier alpha value is -1.09. The molecule has 1 N–H and O–H groups in total. The molecule has 3 nitrogen and oxygen atoms in total. The number of rotatable bonds is 3. The summed E-state index contributed by atoms with van der Waals surface area (Å²) in [5, 5.41) is 3.49. The summed E-state index contributed by atoms with van der Waals surface area (Å²) in [5.74, 6) is 1.06. The molecule has 1 aromatic heterocycles. The maximum Gasteiger partial charge on any atom is 0.128 e. The molecule has 1 fully saturated rings. The van der Waals surface area contributed by atoms with Crippen molar-refractivity contribution in [3.63, 3.8) is 0 Å². The molecule has 2 heterocycles. The van der Waals surface area contributed by atoms with Gasteiger partial charge in [0.15, 0.2) is 0 Å². The highest BCUT2D eigenvalue weighted by Gasteiger charge is 2.16. The smallest absolute Gasteiger partial charge is 0.128 e. The Balaban J connectivity index is 1.92. The van der Waals surface area contributed by atoms with E-state index >= 15 is 0 Å². The lowest BCUT2D eigenvalue weighted by Gasteiger charge is -2.21. The van der Waals surface area contributed by atoms with Gasteiger partial charge >= 0.3 is 0 Å². The number of aromatic nitrogens is 1. The molecule has 0 aromatic carbocycles. The van der Waals surface area contributed by atoms with Gasteiger partial charge in [-0.05, 0) is 31.5 Å². The van der Waals surface area contributed by atoms with Gasteiger partial charge < -0.3 is 10.2 Å². The van der Waals surface area contributed by atoms with Crippen molar-refractivity contribution in [3.8, 4) is 0 Å². The fraction of sp³-hybridized carbons (Fsp3) is 0.545. The largest absolute Gasteiger partial charge is 0.358 e. The normalized spacial score (nSPS) is 21.1. The first-order valence-corrected chi connectivity index (χ1v) is 5.22. The molecule has 0 spiro atoms. The zero-order valence-corrected chi connectivity index (χ0v) is 8.61. The Morgan fingerprint density at radius 1 is 1.57 bits per heavy atom. The summed E-state index contributed by atoms with van der Waals surface area (Å²) in [6.07, 6.45) is 4.44. The second-order valence-electron chi connectivity index (χ2n) is 3.86. The monoisotopic (exact) mass is 191 g/mol. The van der Waals surface area contributed by atoms with Gasteiger partial charge in [-0.2, -0.15) is 0 Å². The molecule has 0 unspecified atom stereocenters. The molecule has 14 heavy (non-hydrogen) atoms. The molecular weight excluding hydrogens is 174 g/mol. The standard InChI is InChI=1S/C11H17N3/c1-14(9-10-5-4-8-12-10)11-6-2-3-7-13-11/h2-3,6-7,10,12H,4-5,8-9H2,1H3/t10-/m1/s1. The highest BCUT2D eigenvalue weighted by atomic mass is 15.2. The van der Waals surface area contributed by atoms with Gasteiger partial charge in [0, 0.05) is 25.8 Å². The van der Waals surface area contributed by atoms with Gasteiger partial charge in [0.2, 0.25) is 0 Å². The Labute approximate surface area is 85.1 Å². The van der Waals surface area contributed by atoms with Crippen molar-refractivity contribution in [2.24, 2.45) is 0 Å². The van der Waals surface area contributed by atoms with Gasteiger partial charge in [-0.15, -0.1) is 0 Å². The van der Waals surface area contributed by atoms with Gasteiger partial charge in [-0.3, -0.25) is 0 Å². The predicted molar refractivity (Wildman–Crippen MR) is 58.5 cm³/mol. The molecule has 1 aliphatic heterocycles. The van der Waals surface area contributed by atoms with E-state index in [2.05, 4.69) is 28.3 Å². The topological polar surface area (TPSA) is 28.2 Å². The lowest BCUT2D eigenvalue weighted by molar-refractivity contribution is 0.597. The van der Waals surface area contributed by atoms with Crippen LogP contribution in [0.1, 0.15) is 12.8 Å². The Morgan fingerprint density at radius 2 is 2.50 bits per heavy atom. The van der Waals surface area contributed by atoms with Crippen LogP contribution < -0.4 is 10.2 Å². The minimum atomic E-state index is 0.641. The lowest BCUT2D eigenvalue weighted by Crippen LogP contribution is -2.35. The molecule has 76 valence electrons. The van der Waals surface area contributed by atoms with E-state index < -0.39 is 0 Å². The van der Waals surface area contributed by atoms with E-state index in [0.29, 0.717) is 6.04 Å². The molecule has 0 radical (unpaired) electrons. The maximum absolute atomic E-state index is 4.32. The van der Waals surface area contributed by atoms with Gasteiger partial charge in [0.25, 0.3) is 0 Å². The fourth-order valence-corrected chi connectivity index (χ4v) is 1.92. The van der Waals surface area contributed by atoms with Crippen LogP contribution in [0.4, 0.5) is 5.82 Å². The molecule has 1 atom stereocenters. The van der Waals surface area contributed by atoms with E-state index in [4.69, 9.17) is 0 Å². The molecule has 1 aliphatic rings. The highest BCUT2D eigenvalue weighted by Crippen LogP contribution is 2.11. The van der Waals surface area contributed by atoms with Gasteiger partial charge in [0.1, 0.15) is 5.82 Å². The first kappa shape index (κ1) is 9.46. The zero-order chi connectivity index (χ0) is 9.80. The highest BCUT2D eigenvalue weighted by molar-refractivity contribution is 5.36. The molecule has 3 heteroatoms. The minimum absolute atomic E-state index is 0.641. The van der Waals surface area contributed by atoms with Crippen LogP contribution in [-0.2, 0) is 0 Å². The van der Waals surface area contributed by atoms with E-state index in [1.54, 1.807) is 0 Å². The molecule has 1 aromatic rings. The number of hydrogen-bond acceptors (Lipinski definition) is 3.